The number of amides is 1. The molecule has 2 heterocycles. The van der Waals surface area contributed by atoms with E-state index < -0.39 is 5.82 Å². The molecule has 104 valence electrons. The van der Waals surface area contributed by atoms with Gasteiger partial charge in [0, 0.05) is 11.4 Å². The van der Waals surface area contributed by atoms with Gasteiger partial charge in [0.15, 0.2) is 0 Å². The molecular weight excluding hydrogens is 273 g/mol. The molecule has 4 heteroatoms. The molecule has 1 aliphatic rings. The van der Waals surface area contributed by atoms with Gasteiger partial charge in [-0.3, -0.25) is 4.79 Å². The van der Waals surface area contributed by atoms with E-state index in [1.165, 1.54) is 4.88 Å². The van der Waals surface area contributed by atoms with E-state index in [0.717, 1.165) is 12.8 Å². The number of likely N-dealkylation sites (tertiary alicyclic amines) is 1. The van der Waals surface area contributed by atoms with Crippen molar-refractivity contribution in [2.75, 3.05) is 6.54 Å². The van der Waals surface area contributed by atoms with Gasteiger partial charge in [0.1, 0.15) is 5.82 Å². The highest BCUT2D eigenvalue weighted by molar-refractivity contribution is 7.10. The topological polar surface area (TPSA) is 20.3 Å². The molecule has 2 nitrogen and oxygen atoms in total. The first-order chi connectivity index (χ1) is 9.68. The van der Waals surface area contributed by atoms with Gasteiger partial charge in [0.2, 0.25) is 0 Å². The van der Waals surface area contributed by atoms with Crippen LogP contribution in [-0.2, 0) is 0 Å². The largest absolute Gasteiger partial charge is 0.331 e. The van der Waals surface area contributed by atoms with Crippen molar-refractivity contribution in [3.05, 3.63) is 57.5 Å². The molecule has 1 amide bonds. The van der Waals surface area contributed by atoms with Crippen LogP contribution >= 0.6 is 11.3 Å². The second-order valence-corrected chi connectivity index (χ2v) is 6.09. The first kappa shape index (κ1) is 13.3. The van der Waals surface area contributed by atoms with Crippen molar-refractivity contribution >= 4 is 17.2 Å². The summed E-state index contributed by atoms with van der Waals surface area (Å²) < 4.78 is 14.1. The number of thiophene rings is 1. The van der Waals surface area contributed by atoms with Gasteiger partial charge >= 0.3 is 0 Å². The van der Waals surface area contributed by atoms with E-state index >= 15 is 0 Å². The summed E-state index contributed by atoms with van der Waals surface area (Å²) in [6.45, 7) is 2.39. The number of aryl methyl sites for hydroxylation is 1. The highest BCUT2D eigenvalue weighted by atomic mass is 32.1. The molecule has 0 spiro atoms. The average Bonchev–Trinajstić information content (AvgIpc) is 3.10. The molecule has 1 aromatic carbocycles. The second kappa shape index (κ2) is 5.37. The minimum absolute atomic E-state index is 0.0995. The first-order valence-electron chi connectivity index (χ1n) is 6.78. The first-order valence-corrected chi connectivity index (χ1v) is 7.66. The molecule has 1 unspecified atom stereocenters. The summed E-state index contributed by atoms with van der Waals surface area (Å²) in [6, 6.07) is 9.15. The molecule has 20 heavy (non-hydrogen) atoms. The number of hydrogen-bond acceptors (Lipinski definition) is 2. The monoisotopic (exact) mass is 289 g/mol. The van der Waals surface area contributed by atoms with Gasteiger partial charge in [0.25, 0.3) is 5.91 Å². The Bertz CT molecular complexity index is 623. The zero-order valence-electron chi connectivity index (χ0n) is 11.3. The molecule has 0 radical (unpaired) electrons. The van der Waals surface area contributed by atoms with Crippen molar-refractivity contribution in [1.29, 1.82) is 0 Å². The fourth-order valence-corrected chi connectivity index (χ4v) is 3.63. The lowest BCUT2D eigenvalue weighted by atomic mass is 10.1. The summed E-state index contributed by atoms with van der Waals surface area (Å²) in [5, 5.41) is 2.02. The Hall–Kier alpha value is -1.68. The minimum atomic E-state index is -0.394. The van der Waals surface area contributed by atoms with Gasteiger partial charge in [0.05, 0.1) is 11.6 Å². The lowest BCUT2D eigenvalue weighted by Gasteiger charge is -2.24. The van der Waals surface area contributed by atoms with Crippen molar-refractivity contribution in [3.63, 3.8) is 0 Å². The van der Waals surface area contributed by atoms with E-state index in [4.69, 9.17) is 0 Å². The average molecular weight is 289 g/mol. The van der Waals surface area contributed by atoms with Crippen LogP contribution in [0.5, 0.6) is 0 Å². The number of benzene rings is 1. The zero-order chi connectivity index (χ0) is 14.1. The van der Waals surface area contributed by atoms with Crippen molar-refractivity contribution < 1.29 is 9.18 Å². The number of halogens is 1. The molecule has 1 aromatic heterocycles. The van der Waals surface area contributed by atoms with Gasteiger partial charge in [-0.2, -0.15) is 0 Å². The second-order valence-electron chi connectivity index (χ2n) is 5.11. The Morgan fingerprint density at radius 3 is 2.95 bits per heavy atom. The zero-order valence-corrected chi connectivity index (χ0v) is 12.1. The van der Waals surface area contributed by atoms with Crippen LogP contribution in [0.4, 0.5) is 4.39 Å². The Kier molecular flexibility index (Phi) is 3.57. The van der Waals surface area contributed by atoms with E-state index in [1.54, 1.807) is 36.5 Å². The highest BCUT2D eigenvalue weighted by Crippen LogP contribution is 2.35. The number of carbonyl (C=O) groups excluding carboxylic acids is 1. The van der Waals surface area contributed by atoms with Crippen LogP contribution in [0, 0.1) is 12.7 Å². The molecule has 1 aliphatic heterocycles. The molecule has 0 N–H and O–H groups in total. The van der Waals surface area contributed by atoms with E-state index in [1.807, 2.05) is 22.4 Å². The van der Waals surface area contributed by atoms with Crippen molar-refractivity contribution in [3.8, 4) is 0 Å². The molecule has 0 saturated carbocycles. The predicted molar refractivity (Wildman–Crippen MR) is 78.5 cm³/mol. The van der Waals surface area contributed by atoms with Crippen LogP contribution in [0.25, 0.3) is 0 Å². The Balaban J connectivity index is 1.92. The van der Waals surface area contributed by atoms with Gasteiger partial charge in [-0.15, -0.1) is 11.3 Å². The Labute approximate surface area is 121 Å². The molecule has 1 fully saturated rings. The lowest BCUT2D eigenvalue weighted by molar-refractivity contribution is 0.0733. The number of rotatable bonds is 2. The summed E-state index contributed by atoms with van der Waals surface area (Å²) in [5.74, 6) is -0.587. The van der Waals surface area contributed by atoms with Crippen LogP contribution < -0.4 is 0 Å². The van der Waals surface area contributed by atoms with Gasteiger partial charge in [-0.1, -0.05) is 18.2 Å². The smallest absolute Gasteiger partial charge is 0.257 e. The third-order valence-electron chi connectivity index (χ3n) is 3.81. The standard InChI is InChI=1S/C16H16FNOS/c1-11-5-2-6-12(15(11)17)16(19)18-9-3-7-13(18)14-8-4-10-20-14/h2,4-6,8,10,13H,3,7,9H2,1H3. The molecule has 1 atom stereocenters. The highest BCUT2D eigenvalue weighted by Gasteiger charge is 2.32. The molecule has 0 bridgehead atoms. The van der Waals surface area contributed by atoms with Crippen LogP contribution in [0.15, 0.2) is 35.7 Å². The van der Waals surface area contributed by atoms with Crippen molar-refractivity contribution in [1.82, 2.24) is 4.90 Å². The summed E-state index contributed by atoms with van der Waals surface area (Å²) >= 11 is 1.66. The Morgan fingerprint density at radius 1 is 1.35 bits per heavy atom. The van der Waals surface area contributed by atoms with Crippen LogP contribution in [0.1, 0.15) is 39.7 Å². The van der Waals surface area contributed by atoms with Crippen LogP contribution in [0.3, 0.4) is 0 Å². The van der Waals surface area contributed by atoms with E-state index in [0.29, 0.717) is 12.1 Å². The number of nitrogens with zero attached hydrogens (tertiary/aromatic N) is 1. The maximum atomic E-state index is 14.1. The molecule has 3 rings (SSSR count). The minimum Gasteiger partial charge on any atom is -0.331 e. The summed E-state index contributed by atoms with van der Waals surface area (Å²) in [7, 11) is 0. The normalized spacial score (nSPS) is 18.5. The maximum absolute atomic E-state index is 14.1. The fraction of sp³-hybridized carbons (Fsp3) is 0.312. The SMILES string of the molecule is Cc1cccc(C(=O)N2CCCC2c2cccs2)c1F. The van der Waals surface area contributed by atoms with Gasteiger partial charge in [-0.25, -0.2) is 4.39 Å². The summed E-state index contributed by atoms with van der Waals surface area (Å²) in [6.07, 6.45) is 1.93. The third-order valence-corrected chi connectivity index (χ3v) is 4.78. The van der Waals surface area contributed by atoms with Gasteiger partial charge in [-0.05, 0) is 42.8 Å². The van der Waals surface area contributed by atoms with E-state index in [-0.39, 0.29) is 17.5 Å². The third kappa shape index (κ3) is 2.24. The van der Waals surface area contributed by atoms with Crippen molar-refractivity contribution in [2.24, 2.45) is 0 Å². The van der Waals surface area contributed by atoms with E-state index in [2.05, 4.69) is 0 Å². The molecule has 1 saturated heterocycles. The van der Waals surface area contributed by atoms with Crippen molar-refractivity contribution in [2.45, 2.75) is 25.8 Å². The summed E-state index contributed by atoms with van der Waals surface area (Å²) in [4.78, 5) is 15.6. The quantitative estimate of drug-likeness (QED) is 0.812. The number of hydrogen-bond donors (Lipinski definition) is 0. The Morgan fingerprint density at radius 2 is 2.20 bits per heavy atom. The maximum Gasteiger partial charge on any atom is 0.257 e. The van der Waals surface area contributed by atoms with E-state index in [9.17, 15) is 9.18 Å². The lowest BCUT2D eigenvalue weighted by Crippen LogP contribution is -2.31. The molecular formula is C16H16FNOS. The summed E-state index contributed by atoms with van der Waals surface area (Å²) in [5.41, 5.74) is 0.705. The predicted octanol–water partition coefficient (Wildman–Crippen LogP) is 4.17. The van der Waals surface area contributed by atoms with Gasteiger partial charge < -0.3 is 4.90 Å². The van der Waals surface area contributed by atoms with Crippen LogP contribution in [0.2, 0.25) is 0 Å². The molecule has 2 aromatic rings. The fourth-order valence-electron chi connectivity index (χ4n) is 2.75. The molecule has 0 aliphatic carbocycles. The number of carbonyl (C=O) groups is 1. The van der Waals surface area contributed by atoms with Crippen LogP contribution in [-0.4, -0.2) is 17.4 Å².